The average molecular weight is 309 g/mol. The van der Waals surface area contributed by atoms with Crippen LogP contribution in [0.4, 0.5) is 0 Å². The van der Waals surface area contributed by atoms with Crippen LogP contribution in [-0.4, -0.2) is 19.7 Å². The van der Waals surface area contributed by atoms with Crippen LogP contribution in [0.3, 0.4) is 0 Å². The molecule has 1 unspecified atom stereocenters. The summed E-state index contributed by atoms with van der Waals surface area (Å²) in [7, 11) is 0. The zero-order valence-corrected chi connectivity index (χ0v) is 12.6. The number of thiophene rings is 1. The number of rotatable bonds is 3. The molecular weight excluding hydrogens is 296 g/mol. The van der Waals surface area contributed by atoms with E-state index in [1.807, 2.05) is 23.2 Å². The van der Waals surface area contributed by atoms with Crippen molar-refractivity contribution in [1.29, 1.82) is 0 Å². The van der Waals surface area contributed by atoms with E-state index >= 15 is 0 Å². The van der Waals surface area contributed by atoms with Crippen LogP contribution in [-0.2, 0) is 6.54 Å². The van der Waals surface area contributed by atoms with Crippen molar-refractivity contribution in [2.75, 3.05) is 0 Å². The van der Waals surface area contributed by atoms with Gasteiger partial charge in [0.05, 0.1) is 17.0 Å². The molecule has 0 spiro atoms. The summed E-state index contributed by atoms with van der Waals surface area (Å²) in [6.45, 7) is 4.60. The first kappa shape index (κ1) is 13.3. The van der Waals surface area contributed by atoms with Crippen molar-refractivity contribution in [1.82, 2.24) is 19.7 Å². The third kappa shape index (κ3) is 2.14. The highest BCUT2D eigenvalue weighted by Gasteiger charge is 2.15. The number of nitrogens with zero attached hydrogens (tertiary/aromatic N) is 3. The molecule has 5 nitrogen and oxygen atoms in total. The van der Waals surface area contributed by atoms with Crippen LogP contribution >= 0.6 is 22.9 Å². The second-order valence-corrected chi connectivity index (χ2v) is 5.99. The number of aryl methyl sites for hydroxylation is 1. The van der Waals surface area contributed by atoms with Crippen LogP contribution in [0.15, 0.2) is 22.6 Å². The molecule has 1 atom stereocenters. The summed E-state index contributed by atoms with van der Waals surface area (Å²) in [5.74, 6) is 0.502. The Kier molecular flexibility index (Phi) is 3.35. The van der Waals surface area contributed by atoms with Crippen LogP contribution in [0.2, 0.25) is 0 Å². The maximum atomic E-state index is 12.3. The molecule has 0 radical (unpaired) electrons. The topological polar surface area (TPSA) is 63.6 Å². The van der Waals surface area contributed by atoms with Gasteiger partial charge in [-0.25, -0.2) is 4.98 Å². The number of aromatic amines is 1. The maximum absolute atomic E-state index is 12.3. The van der Waals surface area contributed by atoms with Gasteiger partial charge >= 0.3 is 0 Å². The maximum Gasteiger partial charge on any atom is 0.260 e. The predicted octanol–water partition coefficient (Wildman–Crippen LogP) is 3.17. The summed E-state index contributed by atoms with van der Waals surface area (Å²) in [6, 6.07) is 0. The summed E-state index contributed by atoms with van der Waals surface area (Å²) in [5.41, 5.74) is 1.64. The Labute approximate surface area is 124 Å². The summed E-state index contributed by atoms with van der Waals surface area (Å²) in [4.78, 5) is 20.1. The largest absolute Gasteiger partial charge is 0.309 e. The minimum atomic E-state index is -0.319. The molecule has 3 heterocycles. The Morgan fingerprint density at radius 1 is 1.55 bits per heavy atom. The molecule has 0 bridgehead atoms. The Morgan fingerprint density at radius 2 is 2.35 bits per heavy atom. The lowest BCUT2D eigenvalue weighted by Gasteiger charge is -2.02. The first-order chi connectivity index (χ1) is 9.60. The van der Waals surface area contributed by atoms with Crippen LogP contribution in [0, 0.1) is 0 Å². The minimum Gasteiger partial charge on any atom is -0.309 e. The van der Waals surface area contributed by atoms with E-state index in [9.17, 15) is 4.79 Å². The number of fused-ring (bicyclic) bond motifs is 1. The van der Waals surface area contributed by atoms with Gasteiger partial charge in [-0.3, -0.25) is 9.48 Å². The Bertz CT molecular complexity index is 817. The Morgan fingerprint density at radius 3 is 3.00 bits per heavy atom. The molecule has 3 rings (SSSR count). The molecule has 0 aliphatic rings. The van der Waals surface area contributed by atoms with Gasteiger partial charge < -0.3 is 4.98 Å². The van der Waals surface area contributed by atoms with Crippen LogP contribution in [0.25, 0.3) is 21.3 Å². The number of alkyl halides is 1. The van der Waals surface area contributed by atoms with Gasteiger partial charge in [0.2, 0.25) is 0 Å². The first-order valence-electron chi connectivity index (χ1n) is 6.28. The molecule has 1 N–H and O–H groups in total. The minimum absolute atomic E-state index is 0.155. The van der Waals surface area contributed by atoms with Crippen molar-refractivity contribution < 1.29 is 0 Å². The lowest BCUT2D eigenvalue weighted by Crippen LogP contribution is -2.11. The van der Waals surface area contributed by atoms with Crippen LogP contribution in [0.1, 0.15) is 25.0 Å². The van der Waals surface area contributed by atoms with Crippen molar-refractivity contribution in [2.45, 2.75) is 25.8 Å². The lowest BCUT2D eigenvalue weighted by molar-refractivity contribution is 0.660. The molecule has 104 valence electrons. The van der Waals surface area contributed by atoms with Gasteiger partial charge in [0.15, 0.2) is 0 Å². The molecular formula is C13H13ClN4OS. The normalized spacial score (nSPS) is 12.9. The van der Waals surface area contributed by atoms with Gasteiger partial charge in [-0.05, 0) is 13.8 Å². The summed E-state index contributed by atoms with van der Waals surface area (Å²) < 4.78 is 1.83. The second kappa shape index (κ2) is 5.03. The predicted molar refractivity (Wildman–Crippen MR) is 81.4 cm³/mol. The van der Waals surface area contributed by atoms with Crippen molar-refractivity contribution in [3.05, 3.63) is 34.0 Å². The fraction of sp³-hybridized carbons (Fsp3) is 0.308. The first-order valence-corrected chi connectivity index (χ1v) is 7.60. The number of nitrogens with one attached hydrogen (secondary N) is 1. The highest BCUT2D eigenvalue weighted by Crippen LogP contribution is 2.31. The number of halogens is 1. The van der Waals surface area contributed by atoms with E-state index < -0.39 is 0 Å². The van der Waals surface area contributed by atoms with Gasteiger partial charge in [0, 0.05) is 29.2 Å². The third-order valence-corrected chi connectivity index (χ3v) is 4.19. The van der Waals surface area contributed by atoms with Gasteiger partial charge in [0.1, 0.15) is 10.7 Å². The van der Waals surface area contributed by atoms with Crippen LogP contribution in [0.5, 0.6) is 0 Å². The van der Waals surface area contributed by atoms with E-state index in [-0.39, 0.29) is 10.9 Å². The lowest BCUT2D eigenvalue weighted by atomic mass is 10.1. The monoisotopic (exact) mass is 308 g/mol. The van der Waals surface area contributed by atoms with Crippen molar-refractivity contribution in [2.24, 2.45) is 0 Å². The summed E-state index contributed by atoms with van der Waals surface area (Å²) in [5, 5.41) is 6.46. The molecule has 3 aromatic rings. The van der Waals surface area contributed by atoms with E-state index in [0.29, 0.717) is 16.0 Å². The zero-order chi connectivity index (χ0) is 14.3. The van der Waals surface area contributed by atoms with Crippen molar-refractivity contribution >= 4 is 33.2 Å². The number of hydrogen-bond donors (Lipinski definition) is 1. The molecule has 7 heteroatoms. The van der Waals surface area contributed by atoms with Gasteiger partial charge in [-0.2, -0.15) is 5.10 Å². The Balaban J connectivity index is 2.21. The molecule has 0 saturated carbocycles. The van der Waals surface area contributed by atoms with Crippen molar-refractivity contribution in [3.8, 4) is 11.1 Å². The Hall–Kier alpha value is -1.66. The second-order valence-electron chi connectivity index (χ2n) is 4.48. The van der Waals surface area contributed by atoms with Gasteiger partial charge in [0.25, 0.3) is 5.56 Å². The standard InChI is InChI=1S/C13H13ClN4OS/c1-3-18-5-8(4-15-18)9-6-20-13-10(9)12(19)16-11(17-13)7(2)14/h4-7H,3H2,1-2H3,(H,16,17,19). The summed E-state index contributed by atoms with van der Waals surface area (Å²) >= 11 is 7.42. The molecule has 0 fully saturated rings. The number of H-pyrrole nitrogens is 1. The molecule has 0 amide bonds. The highest BCUT2D eigenvalue weighted by atomic mass is 35.5. The number of hydrogen-bond acceptors (Lipinski definition) is 4. The fourth-order valence-electron chi connectivity index (χ4n) is 2.04. The molecule has 20 heavy (non-hydrogen) atoms. The van der Waals surface area contributed by atoms with E-state index in [0.717, 1.165) is 17.7 Å². The van der Waals surface area contributed by atoms with E-state index in [4.69, 9.17) is 11.6 Å². The van der Waals surface area contributed by atoms with Gasteiger partial charge in [-0.15, -0.1) is 22.9 Å². The zero-order valence-electron chi connectivity index (χ0n) is 11.1. The van der Waals surface area contributed by atoms with E-state index in [2.05, 4.69) is 15.1 Å². The molecule has 0 aliphatic heterocycles. The molecule has 0 saturated heterocycles. The number of aromatic nitrogens is 4. The third-order valence-electron chi connectivity index (χ3n) is 3.11. The van der Waals surface area contributed by atoms with Crippen LogP contribution < -0.4 is 5.56 Å². The average Bonchev–Trinajstić information content (AvgIpc) is 3.04. The fourth-order valence-corrected chi connectivity index (χ4v) is 3.10. The SMILES string of the molecule is CCn1cc(-c2csc3nc(C(C)Cl)[nH]c(=O)c23)cn1. The molecule has 0 aliphatic carbocycles. The summed E-state index contributed by atoms with van der Waals surface area (Å²) in [6.07, 6.45) is 3.70. The smallest absolute Gasteiger partial charge is 0.260 e. The quantitative estimate of drug-likeness (QED) is 0.756. The van der Waals surface area contributed by atoms with Crippen molar-refractivity contribution in [3.63, 3.8) is 0 Å². The van der Waals surface area contributed by atoms with E-state index in [1.54, 1.807) is 13.1 Å². The van der Waals surface area contributed by atoms with E-state index in [1.165, 1.54) is 11.3 Å². The molecule has 0 aromatic carbocycles. The molecule has 3 aromatic heterocycles. The van der Waals surface area contributed by atoms with Gasteiger partial charge in [-0.1, -0.05) is 0 Å². The highest BCUT2D eigenvalue weighted by molar-refractivity contribution is 7.17.